The lowest BCUT2D eigenvalue weighted by Gasteiger charge is -2.37. The van der Waals surface area contributed by atoms with Crippen LogP contribution in [0.1, 0.15) is 58.4 Å². The topological polar surface area (TPSA) is 21.3 Å². The molecular formula is C19H31NO. The van der Waals surface area contributed by atoms with Crippen molar-refractivity contribution in [3.8, 4) is 5.75 Å². The minimum atomic E-state index is 0.322. The van der Waals surface area contributed by atoms with E-state index < -0.39 is 0 Å². The lowest BCUT2D eigenvalue weighted by molar-refractivity contribution is 0.0841. The summed E-state index contributed by atoms with van der Waals surface area (Å²) >= 11 is 0. The first-order valence-corrected chi connectivity index (χ1v) is 8.76. The quantitative estimate of drug-likeness (QED) is 0.793. The second-order valence-corrected chi connectivity index (χ2v) is 6.27. The van der Waals surface area contributed by atoms with Gasteiger partial charge in [-0.15, -0.1) is 0 Å². The molecule has 0 amide bonds. The van der Waals surface area contributed by atoms with Crippen LogP contribution in [-0.2, 0) is 6.42 Å². The van der Waals surface area contributed by atoms with Gasteiger partial charge in [0.1, 0.15) is 11.9 Å². The van der Waals surface area contributed by atoms with E-state index in [1.165, 1.54) is 37.7 Å². The predicted octanol–water partition coefficient (Wildman–Crippen LogP) is 4.57. The van der Waals surface area contributed by atoms with Crippen molar-refractivity contribution in [1.82, 2.24) is 5.32 Å². The maximum absolute atomic E-state index is 6.46. The van der Waals surface area contributed by atoms with Gasteiger partial charge in [-0.05, 0) is 56.2 Å². The first-order chi connectivity index (χ1) is 10.3. The van der Waals surface area contributed by atoms with Crippen LogP contribution in [-0.4, -0.2) is 18.7 Å². The molecule has 0 bridgehead atoms. The number of hydrogen-bond acceptors (Lipinski definition) is 2. The molecule has 0 aromatic heterocycles. The number of nitrogens with one attached hydrogen (secondary N) is 1. The minimum absolute atomic E-state index is 0.322. The smallest absolute Gasteiger partial charge is 0.122 e. The number of rotatable bonds is 7. The number of ether oxygens (including phenoxy) is 1. The van der Waals surface area contributed by atoms with Crippen LogP contribution in [0.2, 0.25) is 0 Å². The van der Waals surface area contributed by atoms with Crippen molar-refractivity contribution in [2.24, 2.45) is 5.92 Å². The zero-order chi connectivity index (χ0) is 15.1. The van der Waals surface area contributed by atoms with E-state index >= 15 is 0 Å². The van der Waals surface area contributed by atoms with Gasteiger partial charge in [-0.3, -0.25) is 0 Å². The zero-order valence-corrected chi connectivity index (χ0v) is 13.9. The van der Waals surface area contributed by atoms with E-state index in [2.05, 4.69) is 50.4 Å². The summed E-state index contributed by atoms with van der Waals surface area (Å²) in [5.41, 5.74) is 1.32. The number of benzene rings is 1. The van der Waals surface area contributed by atoms with Crippen molar-refractivity contribution in [1.29, 1.82) is 0 Å². The molecule has 0 saturated heterocycles. The van der Waals surface area contributed by atoms with Gasteiger partial charge in [-0.25, -0.2) is 0 Å². The van der Waals surface area contributed by atoms with Gasteiger partial charge in [0.05, 0.1) is 0 Å². The molecule has 2 rings (SSSR count). The Hall–Kier alpha value is -1.02. The minimum Gasteiger partial charge on any atom is -0.489 e. The van der Waals surface area contributed by atoms with Gasteiger partial charge >= 0.3 is 0 Å². The molecule has 3 unspecified atom stereocenters. The highest BCUT2D eigenvalue weighted by Gasteiger charge is 2.31. The fourth-order valence-electron chi connectivity index (χ4n) is 3.35. The third kappa shape index (κ3) is 4.47. The third-order valence-electron chi connectivity index (χ3n) is 4.77. The van der Waals surface area contributed by atoms with E-state index in [-0.39, 0.29) is 0 Å². The van der Waals surface area contributed by atoms with E-state index in [0.29, 0.717) is 12.1 Å². The Morgan fingerprint density at radius 3 is 2.67 bits per heavy atom. The Kier molecular flexibility index (Phi) is 6.56. The molecule has 0 spiro atoms. The van der Waals surface area contributed by atoms with Gasteiger partial charge in [-0.1, -0.05) is 45.4 Å². The SMILES string of the molecule is CCCNC1CCC(CC)CC1Oc1ccccc1CC. The molecule has 0 aliphatic heterocycles. The second kappa shape index (κ2) is 8.43. The van der Waals surface area contributed by atoms with Crippen molar-refractivity contribution in [2.45, 2.75) is 71.4 Å². The molecule has 2 nitrogen and oxygen atoms in total. The van der Waals surface area contributed by atoms with Crippen LogP contribution in [0.3, 0.4) is 0 Å². The van der Waals surface area contributed by atoms with Crippen LogP contribution in [0.15, 0.2) is 24.3 Å². The van der Waals surface area contributed by atoms with Crippen molar-refractivity contribution < 1.29 is 4.74 Å². The summed E-state index contributed by atoms with van der Waals surface area (Å²) in [6.07, 6.45) is 7.60. The van der Waals surface area contributed by atoms with Crippen LogP contribution >= 0.6 is 0 Å². The highest BCUT2D eigenvalue weighted by Crippen LogP contribution is 2.31. The van der Waals surface area contributed by atoms with Gasteiger partial charge in [0.2, 0.25) is 0 Å². The summed E-state index contributed by atoms with van der Waals surface area (Å²) in [7, 11) is 0. The fraction of sp³-hybridized carbons (Fsp3) is 0.684. The largest absolute Gasteiger partial charge is 0.489 e. The molecule has 1 aliphatic carbocycles. The molecule has 0 heterocycles. The molecule has 1 aromatic rings. The summed E-state index contributed by atoms with van der Waals surface area (Å²) in [4.78, 5) is 0. The highest BCUT2D eigenvalue weighted by molar-refractivity contribution is 5.33. The van der Waals surface area contributed by atoms with Crippen molar-refractivity contribution >= 4 is 0 Å². The Morgan fingerprint density at radius 2 is 1.95 bits per heavy atom. The summed E-state index contributed by atoms with van der Waals surface area (Å²) in [6.45, 7) is 7.83. The maximum atomic E-state index is 6.46. The average molecular weight is 289 g/mol. The average Bonchev–Trinajstić information content (AvgIpc) is 2.54. The van der Waals surface area contributed by atoms with Crippen LogP contribution in [0, 0.1) is 5.92 Å². The van der Waals surface area contributed by atoms with Gasteiger partial charge < -0.3 is 10.1 Å². The molecule has 2 heteroatoms. The molecular weight excluding hydrogens is 258 g/mol. The molecule has 1 fully saturated rings. The summed E-state index contributed by atoms with van der Waals surface area (Å²) in [5.74, 6) is 1.91. The molecule has 21 heavy (non-hydrogen) atoms. The summed E-state index contributed by atoms with van der Waals surface area (Å²) < 4.78 is 6.46. The first kappa shape index (κ1) is 16.4. The van der Waals surface area contributed by atoms with Crippen molar-refractivity contribution in [2.75, 3.05) is 6.54 Å². The number of para-hydroxylation sites is 1. The summed E-state index contributed by atoms with van der Waals surface area (Å²) in [5, 5.41) is 3.70. The number of hydrogen-bond donors (Lipinski definition) is 1. The van der Waals surface area contributed by atoms with Crippen molar-refractivity contribution in [3.05, 3.63) is 29.8 Å². The van der Waals surface area contributed by atoms with Gasteiger partial charge in [0.25, 0.3) is 0 Å². The Morgan fingerprint density at radius 1 is 1.14 bits per heavy atom. The Labute approximate surface area is 130 Å². The number of aryl methyl sites for hydroxylation is 1. The Bertz CT molecular complexity index is 418. The molecule has 1 aromatic carbocycles. The van der Waals surface area contributed by atoms with Gasteiger partial charge in [0, 0.05) is 6.04 Å². The molecule has 1 N–H and O–H groups in total. The molecule has 0 radical (unpaired) electrons. The van der Waals surface area contributed by atoms with Crippen LogP contribution in [0.25, 0.3) is 0 Å². The van der Waals surface area contributed by atoms with E-state index in [1.54, 1.807) is 0 Å². The van der Waals surface area contributed by atoms with Crippen molar-refractivity contribution in [3.63, 3.8) is 0 Å². The molecule has 118 valence electrons. The van der Waals surface area contributed by atoms with E-state index in [0.717, 1.165) is 24.6 Å². The second-order valence-electron chi connectivity index (χ2n) is 6.27. The van der Waals surface area contributed by atoms with E-state index in [1.807, 2.05) is 0 Å². The van der Waals surface area contributed by atoms with E-state index in [9.17, 15) is 0 Å². The van der Waals surface area contributed by atoms with E-state index in [4.69, 9.17) is 4.74 Å². The Balaban J connectivity index is 2.07. The zero-order valence-electron chi connectivity index (χ0n) is 13.9. The first-order valence-electron chi connectivity index (χ1n) is 8.76. The standard InChI is InChI=1S/C19H31NO/c1-4-13-20-17-12-11-15(5-2)14-19(17)21-18-10-8-7-9-16(18)6-3/h7-10,15,17,19-20H,4-6,11-14H2,1-3H3. The van der Waals surface area contributed by atoms with Gasteiger partial charge in [-0.2, -0.15) is 0 Å². The normalized spacial score (nSPS) is 25.8. The monoisotopic (exact) mass is 289 g/mol. The lowest BCUT2D eigenvalue weighted by Crippen LogP contribution is -2.47. The van der Waals surface area contributed by atoms with Crippen LogP contribution in [0.4, 0.5) is 0 Å². The molecule has 1 aliphatic rings. The predicted molar refractivity (Wildman–Crippen MR) is 89.9 cm³/mol. The molecule has 3 atom stereocenters. The fourth-order valence-corrected chi connectivity index (χ4v) is 3.35. The van der Waals surface area contributed by atoms with Crippen LogP contribution < -0.4 is 10.1 Å². The molecule has 1 saturated carbocycles. The van der Waals surface area contributed by atoms with Crippen LogP contribution in [0.5, 0.6) is 5.75 Å². The van der Waals surface area contributed by atoms with Gasteiger partial charge in [0.15, 0.2) is 0 Å². The highest BCUT2D eigenvalue weighted by atomic mass is 16.5. The lowest BCUT2D eigenvalue weighted by atomic mass is 9.82. The maximum Gasteiger partial charge on any atom is 0.122 e. The summed E-state index contributed by atoms with van der Waals surface area (Å²) in [6, 6.07) is 9.02. The third-order valence-corrected chi connectivity index (χ3v) is 4.77.